The van der Waals surface area contributed by atoms with Crippen LogP contribution in [0.3, 0.4) is 0 Å². The maximum atomic E-state index is 12.0. The van der Waals surface area contributed by atoms with Gasteiger partial charge < -0.3 is 10.1 Å². The van der Waals surface area contributed by atoms with Gasteiger partial charge in [0.2, 0.25) is 0 Å². The summed E-state index contributed by atoms with van der Waals surface area (Å²) in [5, 5.41) is 5.33. The van der Waals surface area contributed by atoms with Gasteiger partial charge >= 0.3 is 0 Å². The average molecular weight is 376 g/mol. The molecule has 0 heterocycles. The van der Waals surface area contributed by atoms with E-state index in [1.807, 2.05) is 30.3 Å². The Morgan fingerprint density at radius 1 is 1.13 bits per heavy atom. The lowest BCUT2D eigenvalue weighted by atomic mass is 9.87. The molecular weight excluding hydrogens is 354 g/mol. The van der Waals surface area contributed by atoms with Crippen LogP contribution in [0.4, 0.5) is 0 Å². The molecule has 4 heteroatoms. The minimum atomic E-state index is -0.0274. The maximum absolute atomic E-state index is 12.0. The summed E-state index contributed by atoms with van der Waals surface area (Å²) < 4.78 is 6.70. The van der Waals surface area contributed by atoms with E-state index in [2.05, 4.69) is 34.2 Å². The minimum absolute atomic E-state index is 0.0274. The molecule has 0 unspecified atom stereocenters. The van der Waals surface area contributed by atoms with Gasteiger partial charge in [-0.3, -0.25) is 4.79 Å². The molecule has 0 aliphatic heterocycles. The van der Waals surface area contributed by atoms with Crippen LogP contribution >= 0.6 is 15.9 Å². The third kappa shape index (κ3) is 4.47. The molecular formula is C19H22BrNO2. The lowest BCUT2D eigenvalue weighted by molar-refractivity contribution is -0.124. The molecule has 1 aliphatic rings. The molecule has 3 rings (SSSR count). The standard InChI is InChI=1S/C19H22BrNO2/c1-13-2-7-17(8-3-13)21-19(22)12-23-18-9-5-14-10-16(20)6-4-15(14)11-18/h4-6,9-11,13,17H,2-3,7-8,12H2,1H3,(H,21,22). The second-order valence-corrected chi connectivity index (χ2v) is 7.38. The number of benzene rings is 2. The first-order valence-corrected chi connectivity index (χ1v) is 9.01. The first kappa shape index (κ1) is 16.3. The van der Waals surface area contributed by atoms with Crippen molar-refractivity contribution in [2.75, 3.05) is 6.61 Å². The highest BCUT2D eigenvalue weighted by molar-refractivity contribution is 9.10. The van der Waals surface area contributed by atoms with E-state index in [1.54, 1.807) is 0 Å². The molecule has 1 fully saturated rings. The maximum Gasteiger partial charge on any atom is 0.258 e. The molecule has 1 amide bonds. The molecule has 3 nitrogen and oxygen atoms in total. The normalized spacial score (nSPS) is 21.1. The smallest absolute Gasteiger partial charge is 0.258 e. The van der Waals surface area contributed by atoms with Crippen LogP contribution in [0.25, 0.3) is 10.8 Å². The first-order valence-electron chi connectivity index (χ1n) is 8.21. The predicted octanol–water partition coefficient (Wildman–Crippen LogP) is 4.68. The number of amides is 1. The zero-order chi connectivity index (χ0) is 16.2. The molecule has 2 aromatic rings. The van der Waals surface area contributed by atoms with Gasteiger partial charge in [-0.15, -0.1) is 0 Å². The van der Waals surface area contributed by atoms with Crippen molar-refractivity contribution < 1.29 is 9.53 Å². The fourth-order valence-corrected chi connectivity index (χ4v) is 3.49. The van der Waals surface area contributed by atoms with Crippen molar-refractivity contribution in [2.45, 2.75) is 38.6 Å². The molecule has 0 saturated heterocycles. The molecule has 2 aromatic carbocycles. The third-order valence-electron chi connectivity index (χ3n) is 4.52. The van der Waals surface area contributed by atoms with E-state index in [-0.39, 0.29) is 12.5 Å². The SMILES string of the molecule is CC1CCC(NC(=O)COc2ccc3cc(Br)ccc3c2)CC1. The van der Waals surface area contributed by atoms with Gasteiger partial charge in [-0.05, 0) is 66.6 Å². The molecule has 0 aromatic heterocycles. The van der Waals surface area contributed by atoms with E-state index in [0.29, 0.717) is 6.04 Å². The average Bonchev–Trinajstić information content (AvgIpc) is 2.55. The second-order valence-electron chi connectivity index (χ2n) is 6.47. The number of halogens is 1. The number of rotatable bonds is 4. The summed E-state index contributed by atoms with van der Waals surface area (Å²) in [7, 11) is 0. The Kier molecular flexibility index (Phi) is 5.21. The molecule has 0 spiro atoms. The van der Waals surface area contributed by atoms with Crippen LogP contribution in [0.5, 0.6) is 5.75 Å². The van der Waals surface area contributed by atoms with Gasteiger partial charge in [-0.2, -0.15) is 0 Å². The fraction of sp³-hybridized carbons (Fsp3) is 0.421. The number of hydrogen-bond donors (Lipinski definition) is 1. The van der Waals surface area contributed by atoms with Gasteiger partial charge in [0.05, 0.1) is 0 Å². The highest BCUT2D eigenvalue weighted by atomic mass is 79.9. The van der Waals surface area contributed by atoms with Crippen molar-refractivity contribution in [1.82, 2.24) is 5.32 Å². The van der Waals surface area contributed by atoms with Crippen molar-refractivity contribution in [3.05, 3.63) is 40.9 Å². The molecule has 122 valence electrons. The van der Waals surface area contributed by atoms with Crippen molar-refractivity contribution >= 4 is 32.6 Å². The number of fused-ring (bicyclic) bond motifs is 1. The molecule has 1 aliphatic carbocycles. The predicted molar refractivity (Wildman–Crippen MR) is 96.7 cm³/mol. The molecule has 0 bridgehead atoms. The van der Waals surface area contributed by atoms with Crippen molar-refractivity contribution in [3.8, 4) is 5.75 Å². The molecule has 0 radical (unpaired) electrons. The molecule has 0 atom stereocenters. The van der Waals surface area contributed by atoms with E-state index in [0.717, 1.165) is 39.8 Å². The van der Waals surface area contributed by atoms with Crippen molar-refractivity contribution in [3.63, 3.8) is 0 Å². The zero-order valence-electron chi connectivity index (χ0n) is 13.3. The number of hydrogen-bond acceptors (Lipinski definition) is 2. The van der Waals surface area contributed by atoms with Crippen LogP contribution in [0, 0.1) is 5.92 Å². The van der Waals surface area contributed by atoms with E-state index >= 15 is 0 Å². The van der Waals surface area contributed by atoms with Gasteiger partial charge in [-0.25, -0.2) is 0 Å². The summed E-state index contributed by atoms with van der Waals surface area (Å²) in [6, 6.07) is 12.3. The van der Waals surface area contributed by atoms with Crippen LogP contribution in [0.1, 0.15) is 32.6 Å². The zero-order valence-corrected chi connectivity index (χ0v) is 14.9. The number of carbonyl (C=O) groups is 1. The third-order valence-corrected chi connectivity index (χ3v) is 5.02. The number of ether oxygens (including phenoxy) is 1. The minimum Gasteiger partial charge on any atom is -0.484 e. The summed E-state index contributed by atoms with van der Waals surface area (Å²) in [6.45, 7) is 2.35. The van der Waals surface area contributed by atoms with Crippen LogP contribution < -0.4 is 10.1 Å². The van der Waals surface area contributed by atoms with E-state index in [9.17, 15) is 4.79 Å². The second kappa shape index (κ2) is 7.35. The van der Waals surface area contributed by atoms with Gasteiger partial charge in [0.25, 0.3) is 5.91 Å². The fourth-order valence-electron chi connectivity index (χ4n) is 3.11. The summed E-state index contributed by atoms with van der Waals surface area (Å²) in [5.41, 5.74) is 0. The summed E-state index contributed by atoms with van der Waals surface area (Å²) >= 11 is 3.47. The molecule has 1 saturated carbocycles. The molecule has 23 heavy (non-hydrogen) atoms. The largest absolute Gasteiger partial charge is 0.484 e. The van der Waals surface area contributed by atoms with Gasteiger partial charge in [0.15, 0.2) is 6.61 Å². The van der Waals surface area contributed by atoms with E-state index < -0.39 is 0 Å². The summed E-state index contributed by atoms with van der Waals surface area (Å²) in [6.07, 6.45) is 4.56. The topological polar surface area (TPSA) is 38.3 Å². The van der Waals surface area contributed by atoms with E-state index in [4.69, 9.17) is 4.74 Å². The van der Waals surface area contributed by atoms with Crippen LogP contribution in [0.2, 0.25) is 0 Å². The van der Waals surface area contributed by atoms with Gasteiger partial charge in [-0.1, -0.05) is 35.0 Å². The Morgan fingerprint density at radius 3 is 2.61 bits per heavy atom. The van der Waals surface area contributed by atoms with Crippen LogP contribution in [0.15, 0.2) is 40.9 Å². The van der Waals surface area contributed by atoms with Crippen molar-refractivity contribution in [1.29, 1.82) is 0 Å². The number of carbonyl (C=O) groups excluding carboxylic acids is 1. The number of nitrogens with one attached hydrogen (secondary N) is 1. The Bertz CT molecular complexity index is 693. The lowest BCUT2D eigenvalue weighted by Crippen LogP contribution is -2.39. The summed E-state index contributed by atoms with van der Waals surface area (Å²) in [5.74, 6) is 1.49. The van der Waals surface area contributed by atoms with Crippen molar-refractivity contribution in [2.24, 2.45) is 5.92 Å². The Balaban J connectivity index is 1.53. The highest BCUT2D eigenvalue weighted by Crippen LogP contribution is 2.25. The first-order chi connectivity index (χ1) is 11.1. The lowest BCUT2D eigenvalue weighted by Gasteiger charge is -2.26. The highest BCUT2D eigenvalue weighted by Gasteiger charge is 2.19. The Hall–Kier alpha value is -1.55. The molecule has 1 N–H and O–H groups in total. The Labute approximate surface area is 145 Å². The van der Waals surface area contributed by atoms with Crippen LogP contribution in [-0.4, -0.2) is 18.6 Å². The quantitative estimate of drug-likeness (QED) is 0.842. The Morgan fingerprint density at radius 2 is 1.83 bits per heavy atom. The van der Waals surface area contributed by atoms with Gasteiger partial charge in [0, 0.05) is 10.5 Å². The monoisotopic (exact) mass is 375 g/mol. The van der Waals surface area contributed by atoms with Crippen LogP contribution in [-0.2, 0) is 4.79 Å². The summed E-state index contributed by atoms with van der Waals surface area (Å²) in [4.78, 5) is 12.0. The van der Waals surface area contributed by atoms with E-state index in [1.165, 1.54) is 12.8 Å². The van der Waals surface area contributed by atoms with Gasteiger partial charge in [0.1, 0.15) is 5.75 Å².